The van der Waals surface area contributed by atoms with Gasteiger partial charge in [0.1, 0.15) is 4.90 Å². The van der Waals surface area contributed by atoms with Crippen molar-refractivity contribution in [1.29, 1.82) is 0 Å². The third-order valence-electron chi connectivity index (χ3n) is 2.65. The van der Waals surface area contributed by atoms with Crippen LogP contribution in [0.15, 0.2) is 27.6 Å². The molecule has 0 bridgehead atoms. The Morgan fingerprint density at radius 1 is 1.33 bits per heavy atom. The maximum atomic E-state index is 12.4. The Balaban J connectivity index is 2.42. The molecule has 0 aliphatic carbocycles. The summed E-state index contributed by atoms with van der Waals surface area (Å²) < 4.78 is 27.8. The van der Waals surface area contributed by atoms with Crippen molar-refractivity contribution in [2.75, 3.05) is 4.72 Å². The van der Waals surface area contributed by atoms with Crippen LogP contribution < -0.4 is 4.72 Å². The molecule has 0 saturated carbocycles. The highest BCUT2D eigenvalue weighted by molar-refractivity contribution is 9.10. The third kappa shape index (κ3) is 3.55. The summed E-state index contributed by atoms with van der Waals surface area (Å²) >= 11 is 16.4. The molecule has 1 heterocycles. The first-order valence-corrected chi connectivity index (χ1v) is 9.47. The van der Waals surface area contributed by atoms with Crippen molar-refractivity contribution in [3.05, 3.63) is 42.5 Å². The molecule has 21 heavy (non-hydrogen) atoms. The summed E-state index contributed by atoms with van der Waals surface area (Å²) in [6.07, 6.45) is 0. The number of rotatable bonds is 4. The molecule has 1 aromatic carbocycles. The number of nitrogens with one attached hydrogen (secondary N) is 1. The summed E-state index contributed by atoms with van der Waals surface area (Å²) in [6.45, 7) is 1.47. The molecule has 0 spiro atoms. The number of hydrogen-bond donors (Lipinski definition) is 2. The van der Waals surface area contributed by atoms with Gasteiger partial charge in [-0.1, -0.05) is 23.2 Å². The van der Waals surface area contributed by atoms with Gasteiger partial charge < -0.3 is 5.11 Å². The van der Waals surface area contributed by atoms with Crippen molar-refractivity contribution in [1.82, 2.24) is 0 Å². The summed E-state index contributed by atoms with van der Waals surface area (Å²) in [5.41, 5.74) is 0.195. The maximum Gasteiger partial charge on any atom is 0.263 e. The van der Waals surface area contributed by atoms with Crippen molar-refractivity contribution < 1.29 is 13.5 Å². The number of aliphatic hydroxyl groups is 1. The second-order valence-electron chi connectivity index (χ2n) is 4.12. The van der Waals surface area contributed by atoms with E-state index in [0.29, 0.717) is 14.2 Å². The van der Waals surface area contributed by atoms with E-state index in [-0.39, 0.29) is 27.2 Å². The highest BCUT2D eigenvalue weighted by Gasteiger charge is 2.22. The van der Waals surface area contributed by atoms with Gasteiger partial charge in [-0.25, -0.2) is 8.42 Å². The topological polar surface area (TPSA) is 66.4 Å². The van der Waals surface area contributed by atoms with Crippen LogP contribution in [0.1, 0.15) is 9.75 Å². The Bertz CT molecular complexity index is 790. The first-order chi connectivity index (χ1) is 9.76. The van der Waals surface area contributed by atoms with Crippen LogP contribution >= 0.6 is 50.5 Å². The molecule has 0 aliphatic rings. The van der Waals surface area contributed by atoms with Gasteiger partial charge in [0, 0.05) is 14.2 Å². The lowest BCUT2D eigenvalue weighted by Gasteiger charge is -2.11. The van der Waals surface area contributed by atoms with Crippen LogP contribution in [0.4, 0.5) is 5.69 Å². The quantitative estimate of drug-likeness (QED) is 0.705. The standard InChI is InChI=1S/C12H10BrCl2NO3S2/c1-6-10(4-7(5-17)20-6)21(18,19)16-9-3-2-8(13)11(14)12(9)15/h2-4,16-17H,5H2,1H3. The van der Waals surface area contributed by atoms with Crippen LogP contribution in [0.25, 0.3) is 0 Å². The first-order valence-electron chi connectivity index (χ1n) is 5.62. The summed E-state index contributed by atoms with van der Waals surface area (Å²) in [4.78, 5) is 1.28. The van der Waals surface area contributed by atoms with Crippen molar-refractivity contribution in [3.8, 4) is 0 Å². The molecule has 0 radical (unpaired) electrons. The fourth-order valence-electron chi connectivity index (χ4n) is 1.67. The van der Waals surface area contributed by atoms with Crippen LogP contribution in [-0.2, 0) is 16.6 Å². The molecule has 2 rings (SSSR count). The molecule has 0 atom stereocenters. The molecule has 0 aliphatic heterocycles. The van der Waals surface area contributed by atoms with E-state index >= 15 is 0 Å². The van der Waals surface area contributed by atoms with Crippen LogP contribution in [0.2, 0.25) is 10.0 Å². The van der Waals surface area contributed by atoms with E-state index in [1.807, 2.05) is 0 Å². The van der Waals surface area contributed by atoms with Gasteiger partial charge in [0.15, 0.2) is 0 Å². The molecular formula is C12H10BrCl2NO3S2. The van der Waals surface area contributed by atoms with E-state index < -0.39 is 10.0 Å². The highest BCUT2D eigenvalue weighted by Crippen LogP contribution is 2.37. The minimum Gasteiger partial charge on any atom is -0.391 e. The van der Waals surface area contributed by atoms with Crippen LogP contribution in [0.5, 0.6) is 0 Å². The average molecular weight is 431 g/mol. The highest BCUT2D eigenvalue weighted by atomic mass is 79.9. The molecule has 0 unspecified atom stereocenters. The van der Waals surface area contributed by atoms with Crippen molar-refractivity contribution in [2.24, 2.45) is 0 Å². The molecule has 4 nitrogen and oxygen atoms in total. The number of halogens is 3. The molecule has 2 aromatic rings. The van der Waals surface area contributed by atoms with Crippen LogP contribution in [-0.4, -0.2) is 13.5 Å². The number of thiophene rings is 1. The predicted octanol–water partition coefficient (Wildman–Crippen LogP) is 4.42. The van der Waals surface area contributed by atoms with E-state index in [2.05, 4.69) is 20.7 Å². The van der Waals surface area contributed by atoms with E-state index in [1.54, 1.807) is 13.0 Å². The van der Waals surface area contributed by atoms with Gasteiger partial charge in [-0.2, -0.15) is 0 Å². The number of anilines is 1. The monoisotopic (exact) mass is 429 g/mol. The summed E-state index contributed by atoms with van der Waals surface area (Å²) in [5, 5.41) is 9.44. The molecule has 0 amide bonds. The van der Waals surface area contributed by atoms with Crippen molar-refractivity contribution in [2.45, 2.75) is 18.4 Å². The minimum absolute atomic E-state index is 0.116. The second-order valence-corrected chi connectivity index (χ2v) is 8.72. The number of hydrogen-bond acceptors (Lipinski definition) is 4. The lowest BCUT2D eigenvalue weighted by atomic mass is 10.3. The number of benzene rings is 1. The average Bonchev–Trinajstić information content (AvgIpc) is 2.81. The Kier molecular flexibility index (Phi) is 5.23. The predicted molar refractivity (Wildman–Crippen MR) is 89.9 cm³/mol. The zero-order chi connectivity index (χ0) is 15.8. The normalized spacial score (nSPS) is 11.7. The van der Waals surface area contributed by atoms with Gasteiger partial charge in [-0.3, -0.25) is 4.72 Å². The Morgan fingerprint density at radius 3 is 2.57 bits per heavy atom. The fourth-order valence-corrected chi connectivity index (χ4v) is 5.12. The second kappa shape index (κ2) is 6.44. The van der Waals surface area contributed by atoms with Crippen LogP contribution in [0, 0.1) is 6.92 Å². The zero-order valence-corrected chi connectivity index (χ0v) is 15.4. The van der Waals surface area contributed by atoms with Gasteiger partial charge in [-0.15, -0.1) is 11.3 Å². The zero-order valence-electron chi connectivity index (χ0n) is 10.7. The molecule has 9 heteroatoms. The maximum absolute atomic E-state index is 12.4. The molecular weight excluding hydrogens is 421 g/mol. The summed E-state index contributed by atoms with van der Waals surface area (Å²) in [7, 11) is -3.79. The van der Waals surface area contributed by atoms with Gasteiger partial charge >= 0.3 is 0 Å². The Morgan fingerprint density at radius 2 is 2.00 bits per heavy atom. The first kappa shape index (κ1) is 17.1. The van der Waals surface area contributed by atoms with Gasteiger partial charge in [0.2, 0.25) is 0 Å². The van der Waals surface area contributed by atoms with Crippen molar-refractivity contribution >= 4 is 66.2 Å². The molecule has 0 saturated heterocycles. The van der Waals surface area contributed by atoms with E-state index in [4.69, 9.17) is 28.3 Å². The molecule has 114 valence electrons. The van der Waals surface area contributed by atoms with Gasteiger partial charge in [0.25, 0.3) is 10.0 Å². The Labute approximate surface area is 144 Å². The summed E-state index contributed by atoms with van der Waals surface area (Å²) in [6, 6.07) is 4.56. The lowest BCUT2D eigenvalue weighted by molar-refractivity contribution is 0.285. The van der Waals surface area contributed by atoms with Crippen LogP contribution in [0.3, 0.4) is 0 Å². The SMILES string of the molecule is Cc1sc(CO)cc1S(=O)(=O)Nc1ccc(Br)c(Cl)c1Cl. The number of aryl methyl sites for hydroxylation is 1. The van der Waals surface area contributed by atoms with E-state index in [9.17, 15) is 8.42 Å². The van der Waals surface area contributed by atoms with Gasteiger partial charge in [0.05, 0.1) is 22.3 Å². The lowest BCUT2D eigenvalue weighted by Crippen LogP contribution is -2.13. The smallest absolute Gasteiger partial charge is 0.263 e. The number of aliphatic hydroxyl groups excluding tert-OH is 1. The fraction of sp³-hybridized carbons (Fsp3) is 0.167. The minimum atomic E-state index is -3.79. The van der Waals surface area contributed by atoms with Gasteiger partial charge in [-0.05, 0) is 41.1 Å². The van der Waals surface area contributed by atoms with E-state index in [0.717, 1.165) is 0 Å². The van der Waals surface area contributed by atoms with Crippen molar-refractivity contribution in [3.63, 3.8) is 0 Å². The largest absolute Gasteiger partial charge is 0.391 e. The summed E-state index contributed by atoms with van der Waals surface area (Å²) in [5.74, 6) is 0. The molecule has 0 fully saturated rings. The molecule has 2 N–H and O–H groups in total. The van der Waals surface area contributed by atoms with E-state index in [1.165, 1.54) is 23.5 Å². The number of sulfonamides is 1. The molecule has 1 aromatic heterocycles. The third-order valence-corrected chi connectivity index (χ3v) is 7.08. The Hall–Kier alpha value is -0.310.